The van der Waals surface area contributed by atoms with E-state index in [9.17, 15) is 0 Å². The van der Waals surface area contributed by atoms with Gasteiger partial charge in [-0.1, -0.05) is 18.2 Å². The van der Waals surface area contributed by atoms with Gasteiger partial charge in [0.25, 0.3) is 0 Å². The highest BCUT2D eigenvalue weighted by Gasteiger charge is 2.13. The average molecular weight is 240 g/mol. The molecule has 0 aliphatic rings. The van der Waals surface area contributed by atoms with Gasteiger partial charge in [-0.05, 0) is 17.5 Å². The maximum atomic E-state index is 8.89. The third kappa shape index (κ3) is 3.93. The van der Waals surface area contributed by atoms with Crippen LogP contribution in [0, 0.1) is 0 Å². The molecule has 0 amide bonds. The van der Waals surface area contributed by atoms with Crippen molar-refractivity contribution in [3.63, 3.8) is 0 Å². The minimum atomic E-state index is -2.17. The molecule has 0 radical (unpaired) electrons. The molecule has 2 aromatic rings. The molecule has 5 N–H and O–H groups in total. The maximum absolute atomic E-state index is 8.89. The number of hydrogen-bond donors (Lipinski definition) is 5. The summed E-state index contributed by atoms with van der Waals surface area (Å²) >= 11 is 1.41. The van der Waals surface area contributed by atoms with E-state index in [1.54, 1.807) is 6.07 Å². The molecule has 0 saturated carbocycles. The first-order chi connectivity index (χ1) is 7.50. The summed E-state index contributed by atoms with van der Waals surface area (Å²) in [6.45, 7) is 0. The molecule has 0 atom stereocenters. The second kappa shape index (κ2) is 6.00. The van der Waals surface area contributed by atoms with Crippen LogP contribution in [-0.2, 0) is 0 Å². The Bertz CT molecular complexity index is 409. The predicted molar refractivity (Wildman–Crippen MR) is 64.1 cm³/mol. The van der Waals surface area contributed by atoms with E-state index in [1.807, 2.05) is 24.3 Å². The fraction of sp³-hybridized carbons (Fsp3) is 0. The topological polar surface area (TPSA) is 101 Å². The fourth-order valence-corrected chi connectivity index (χ4v) is 2.07. The Hall–Kier alpha value is -0.890. The summed E-state index contributed by atoms with van der Waals surface area (Å²) < 4.78 is 1.68. The molecule has 2 rings (SSSR count). The summed E-state index contributed by atoms with van der Waals surface area (Å²) in [6, 6.07) is 9.59. The highest BCUT2D eigenvalue weighted by Crippen LogP contribution is 2.17. The second-order valence-corrected chi connectivity index (χ2v) is 4.02. The Balaban J connectivity index is 0.000000280. The van der Waals surface area contributed by atoms with Crippen LogP contribution >= 0.6 is 11.3 Å². The van der Waals surface area contributed by atoms with Gasteiger partial charge >= 0.3 is 14.4 Å². The van der Waals surface area contributed by atoms with Gasteiger partial charge in [-0.25, -0.2) is 0 Å². The highest BCUT2D eigenvalue weighted by atomic mass is 32.1. The van der Waals surface area contributed by atoms with E-state index in [-0.39, 0.29) is 0 Å². The van der Waals surface area contributed by atoms with Crippen molar-refractivity contribution in [3.05, 3.63) is 30.3 Å². The van der Waals surface area contributed by atoms with Crippen LogP contribution < -0.4 is 4.78 Å². The quantitative estimate of drug-likeness (QED) is 0.391. The first kappa shape index (κ1) is 13.2. The zero-order valence-electron chi connectivity index (χ0n) is 8.19. The molecule has 1 aromatic carbocycles. The van der Waals surface area contributed by atoms with Crippen molar-refractivity contribution in [2.45, 2.75) is 0 Å². The number of rotatable bonds is 1. The van der Waals surface area contributed by atoms with Crippen molar-refractivity contribution in [2.75, 3.05) is 0 Å². The van der Waals surface area contributed by atoms with Gasteiger partial charge in [0, 0.05) is 9.48 Å². The molecule has 1 aromatic heterocycles. The molecule has 8 heteroatoms. The normalized spacial score (nSPS) is 9.56. The van der Waals surface area contributed by atoms with Crippen LogP contribution in [0.5, 0.6) is 0 Å². The second-order valence-electron chi connectivity index (χ2n) is 2.91. The van der Waals surface area contributed by atoms with Crippen LogP contribution in [0.1, 0.15) is 0 Å². The molecule has 1 heterocycles. The largest absolute Gasteiger partial charge is 0.631 e. The Labute approximate surface area is 96.6 Å². The van der Waals surface area contributed by atoms with Crippen LogP contribution in [0.25, 0.3) is 10.1 Å². The molecule has 0 unspecified atom stereocenters. The lowest BCUT2D eigenvalue weighted by Gasteiger charge is -1.87. The summed E-state index contributed by atoms with van der Waals surface area (Å²) in [5.41, 5.74) is 0. The van der Waals surface area contributed by atoms with E-state index in [0.717, 1.165) is 10.1 Å². The van der Waals surface area contributed by atoms with Gasteiger partial charge < -0.3 is 25.1 Å². The number of fused-ring (bicyclic) bond motifs is 1. The molecule has 0 spiro atoms. The van der Waals surface area contributed by atoms with Gasteiger partial charge in [0.05, 0.1) is 0 Å². The van der Waals surface area contributed by atoms with Crippen LogP contribution in [0.2, 0.25) is 0 Å². The van der Waals surface area contributed by atoms with Gasteiger partial charge in [0.1, 0.15) is 0 Å². The summed E-state index contributed by atoms with van der Waals surface area (Å²) in [4.78, 5) is 0. The third-order valence-corrected chi connectivity index (χ3v) is 2.86. The Morgan fingerprint density at radius 3 is 2.00 bits per heavy atom. The zero-order valence-corrected chi connectivity index (χ0v) is 9.00. The van der Waals surface area contributed by atoms with Gasteiger partial charge in [0.15, 0.2) is 0 Å². The van der Waals surface area contributed by atoms with Crippen molar-refractivity contribution in [1.29, 1.82) is 0 Å². The lowest BCUT2D eigenvalue weighted by atomic mass is 9.89. The monoisotopic (exact) mass is 240 g/mol. The molecular formula is C8H10B2O5S. The van der Waals surface area contributed by atoms with Crippen molar-refractivity contribution >= 4 is 40.6 Å². The molecule has 0 fully saturated rings. The highest BCUT2D eigenvalue weighted by molar-refractivity contribution is 7.27. The van der Waals surface area contributed by atoms with E-state index in [1.165, 1.54) is 11.3 Å². The van der Waals surface area contributed by atoms with Crippen molar-refractivity contribution < 1.29 is 25.1 Å². The molecule has 84 valence electrons. The Morgan fingerprint density at radius 2 is 1.50 bits per heavy atom. The van der Waals surface area contributed by atoms with Gasteiger partial charge in [0.2, 0.25) is 0 Å². The smallest absolute Gasteiger partial charge is 0.423 e. The Morgan fingerprint density at radius 1 is 0.938 bits per heavy atom. The Kier molecular flexibility index (Phi) is 4.94. The number of thiophene rings is 1. The van der Waals surface area contributed by atoms with E-state index in [0.29, 0.717) is 4.78 Å². The van der Waals surface area contributed by atoms with Gasteiger partial charge in [-0.3, -0.25) is 0 Å². The first-order valence-electron chi connectivity index (χ1n) is 4.39. The van der Waals surface area contributed by atoms with Crippen LogP contribution in [0.4, 0.5) is 0 Å². The van der Waals surface area contributed by atoms with Gasteiger partial charge in [-0.15, -0.1) is 11.3 Å². The third-order valence-electron chi connectivity index (χ3n) is 1.70. The standard InChI is InChI=1S/C8H7BO2S.BH3O3/c10-9(11)8-5-6-3-1-2-4-7(6)12-8;2-1(3)4/h1-5,10-11H;2-4H. The van der Waals surface area contributed by atoms with Crippen molar-refractivity contribution in [1.82, 2.24) is 0 Å². The van der Waals surface area contributed by atoms with Crippen LogP contribution in [0.3, 0.4) is 0 Å². The summed E-state index contributed by atoms with van der Waals surface area (Å²) in [6.07, 6.45) is 0. The molecular weight excluding hydrogens is 230 g/mol. The minimum absolute atomic E-state index is 0.594. The summed E-state index contributed by atoms with van der Waals surface area (Å²) in [7, 11) is -3.51. The summed E-state index contributed by atoms with van der Waals surface area (Å²) in [5.74, 6) is 0. The minimum Gasteiger partial charge on any atom is -0.423 e. The molecule has 5 nitrogen and oxygen atoms in total. The van der Waals surface area contributed by atoms with Gasteiger partial charge in [-0.2, -0.15) is 0 Å². The summed E-state index contributed by atoms with van der Waals surface area (Å²) in [5, 5.41) is 40.3. The molecule has 0 aliphatic carbocycles. The number of hydrogen-bond acceptors (Lipinski definition) is 6. The first-order valence-corrected chi connectivity index (χ1v) is 5.21. The maximum Gasteiger partial charge on any atom is 0.631 e. The van der Waals surface area contributed by atoms with Crippen LogP contribution in [-0.4, -0.2) is 39.6 Å². The fourth-order valence-electron chi connectivity index (χ4n) is 1.13. The molecule has 0 aliphatic heterocycles. The van der Waals surface area contributed by atoms with Crippen LogP contribution in [0.15, 0.2) is 30.3 Å². The lowest BCUT2D eigenvalue weighted by Crippen LogP contribution is -2.26. The van der Waals surface area contributed by atoms with E-state index >= 15 is 0 Å². The molecule has 16 heavy (non-hydrogen) atoms. The zero-order chi connectivity index (χ0) is 12.1. The molecule has 0 saturated heterocycles. The predicted octanol–water partition coefficient (Wildman–Crippen LogP) is -1.47. The lowest BCUT2D eigenvalue weighted by molar-refractivity contribution is 0.278. The number of benzene rings is 1. The van der Waals surface area contributed by atoms with E-state index in [2.05, 4.69) is 0 Å². The van der Waals surface area contributed by atoms with Crippen molar-refractivity contribution in [2.24, 2.45) is 0 Å². The average Bonchev–Trinajstić information content (AvgIpc) is 2.59. The van der Waals surface area contributed by atoms with Crippen molar-refractivity contribution in [3.8, 4) is 0 Å². The van der Waals surface area contributed by atoms with E-state index < -0.39 is 14.4 Å². The molecule has 0 bridgehead atoms. The SMILES string of the molecule is OB(O)O.OB(O)c1cc2ccccc2s1. The van der Waals surface area contributed by atoms with E-state index in [4.69, 9.17) is 25.1 Å².